The van der Waals surface area contributed by atoms with E-state index in [0.717, 1.165) is 31.2 Å². The standard InChI is InChI=1S/C14H26N2O/c1-6-7-16(11(2)3)10-14-8-13(9-15-5)12(4)17-14/h8,11,15H,6-7,9-10H2,1-5H3. The van der Waals surface area contributed by atoms with Crippen LogP contribution in [0.5, 0.6) is 0 Å². The lowest BCUT2D eigenvalue weighted by Gasteiger charge is -2.24. The van der Waals surface area contributed by atoms with Crippen LogP contribution in [0.2, 0.25) is 0 Å². The van der Waals surface area contributed by atoms with E-state index < -0.39 is 0 Å². The normalized spacial score (nSPS) is 11.7. The van der Waals surface area contributed by atoms with Crippen LogP contribution in [0.25, 0.3) is 0 Å². The maximum absolute atomic E-state index is 5.81. The van der Waals surface area contributed by atoms with Crippen molar-refractivity contribution in [1.29, 1.82) is 0 Å². The number of nitrogens with one attached hydrogen (secondary N) is 1. The van der Waals surface area contributed by atoms with Crippen LogP contribution < -0.4 is 5.32 Å². The van der Waals surface area contributed by atoms with Gasteiger partial charge in [-0.3, -0.25) is 4.90 Å². The third kappa shape index (κ3) is 4.17. The van der Waals surface area contributed by atoms with Crippen molar-refractivity contribution in [1.82, 2.24) is 10.2 Å². The number of furan rings is 1. The summed E-state index contributed by atoms with van der Waals surface area (Å²) in [5.74, 6) is 2.12. The zero-order chi connectivity index (χ0) is 12.8. The zero-order valence-corrected chi connectivity index (χ0v) is 11.8. The van der Waals surface area contributed by atoms with Crippen LogP contribution in [0.15, 0.2) is 10.5 Å². The number of nitrogens with zero attached hydrogens (tertiary/aromatic N) is 1. The molecule has 17 heavy (non-hydrogen) atoms. The van der Waals surface area contributed by atoms with Crippen molar-refractivity contribution in [2.45, 2.75) is 53.2 Å². The molecule has 3 nitrogen and oxygen atoms in total. The largest absolute Gasteiger partial charge is 0.465 e. The van der Waals surface area contributed by atoms with Crippen molar-refractivity contribution >= 4 is 0 Å². The highest BCUT2D eigenvalue weighted by Crippen LogP contribution is 2.17. The summed E-state index contributed by atoms with van der Waals surface area (Å²) in [4.78, 5) is 2.45. The monoisotopic (exact) mass is 238 g/mol. The van der Waals surface area contributed by atoms with Crippen molar-refractivity contribution < 1.29 is 4.42 Å². The molecular weight excluding hydrogens is 212 g/mol. The molecule has 0 aromatic carbocycles. The predicted molar refractivity (Wildman–Crippen MR) is 72.0 cm³/mol. The molecule has 0 bridgehead atoms. The third-order valence-corrected chi connectivity index (χ3v) is 3.04. The molecule has 3 heteroatoms. The topological polar surface area (TPSA) is 28.4 Å². The first-order valence-corrected chi connectivity index (χ1v) is 6.55. The molecule has 1 aromatic rings. The Morgan fingerprint density at radius 3 is 2.65 bits per heavy atom. The molecule has 1 aromatic heterocycles. The van der Waals surface area contributed by atoms with E-state index in [4.69, 9.17) is 4.42 Å². The molecule has 0 saturated carbocycles. The van der Waals surface area contributed by atoms with E-state index in [1.807, 2.05) is 14.0 Å². The third-order valence-electron chi connectivity index (χ3n) is 3.04. The minimum absolute atomic E-state index is 0.563. The average Bonchev–Trinajstić information content (AvgIpc) is 2.59. The van der Waals surface area contributed by atoms with Crippen LogP contribution in [-0.2, 0) is 13.1 Å². The van der Waals surface area contributed by atoms with Gasteiger partial charge in [0.2, 0.25) is 0 Å². The molecule has 0 aliphatic heterocycles. The van der Waals surface area contributed by atoms with Gasteiger partial charge in [-0.1, -0.05) is 6.92 Å². The van der Waals surface area contributed by atoms with Crippen molar-refractivity contribution in [3.05, 3.63) is 23.2 Å². The Morgan fingerprint density at radius 1 is 1.41 bits per heavy atom. The number of hydrogen-bond donors (Lipinski definition) is 1. The van der Waals surface area contributed by atoms with Crippen molar-refractivity contribution in [3.63, 3.8) is 0 Å². The fourth-order valence-corrected chi connectivity index (χ4v) is 2.04. The summed E-state index contributed by atoms with van der Waals surface area (Å²) in [5.41, 5.74) is 1.27. The minimum atomic E-state index is 0.563. The van der Waals surface area contributed by atoms with Gasteiger partial charge in [0.05, 0.1) is 6.54 Å². The van der Waals surface area contributed by atoms with E-state index >= 15 is 0 Å². The van der Waals surface area contributed by atoms with E-state index in [9.17, 15) is 0 Å². The highest BCUT2D eigenvalue weighted by atomic mass is 16.3. The molecule has 0 radical (unpaired) electrons. The van der Waals surface area contributed by atoms with E-state index in [-0.39, 0.29) is 0 Å². The number of rotatable bonds is 7. The lowest BCUT2D eigenvalue weighted by molar-refractivity contribution is 0.196. The molecule has 0 aliphatic carbocycles. The average molecular weight is 238 g/mol. The Morgan fingerprint density at radius 2 is 2.12 bits per heavy atom. The zero-order valence-electron chi connectivity index (χ0n) is 11.8. The summed E-state index contributed by atoms with van der Waals surface area (Å²) in [6.07, 6.45) is 1.18. The number of aryl methyl sites for hydroxylation is 1. The molecule has 98 valence electrons. The maximum Gasteiger partial charge on any atom is 0.118 e. The summed E-state index contributed by atoms with van der Waals surface area (Å²) in [5, 5.41) is 3.17. The van der Waals surface area contributed by atoms with Crippen LogP contribution in [0.3, 0.4) is 0 Å². The van der Waals surface area contributed by atoms with Gasteiger partial charge in [0.25, 0.3) is 0 Å². The van der Waals surface area contributed by atoms with Crippen molar-refractivity contribution in [2.24, 2.45) is 0 Å². The van der Waals surface area contributed by atoms with Gasteiger partial charge < -0.3 is 9.73 Å². The minimum Gasteiger partial charge on any atom is -0.465 e. The smallest absolute Gasteiger partial charge is 0.118 e. The van der Waals surface area contributed by atoms with Crippen LogP contribution in [-0.4, -0.2) is 24.5 Å². The number of hydrogen-bond acceptors (Lipinski definition) is 3. The molecule has 1 heterocycles. The molecule has 1 rings (SSSR count). The lowest BCUT2D eigenvalue weighted by Crippen LogP contribution is -2.30. The highest BCUT2D eigenvalue weighted by molar-refractivity contribution is 5.20. The molecule has 1 N–H and O–H groups in total. The van der Waals surface area contributed by atoms with Crippen LogP contribution in [0, 0.1) is 6.92 Å². The molecule has 0 spiro atoms. The summed E-state index contributed by atoms with van der Waals surface area (Å²) in [7, 11) is 1.96. The molecule has 0 amide bonds. The summed E-state index contributed by atoms with van der Waals surface area (Å²) < 4.78 is 5.81. The van der Waals surface area contributed by atoms with Gasteiger partial charge in [0.1, 0.15) is 11.5 Å². The summed E-state index contributed by atoms with van der Waals surface area (Å²) >= 11 is 0. The maximum atomic E-state index is 5.81. The van der Waals surface area contributed by atoms with Gasteiger partial charge >= 0.3 is 0 Å². The first-order valence-electron chi connectivity index (χ1n) is 6.55. The van der Waals surface area contributed by atoms with Gasteiger partial charge in [0.15, 0.2) is 0 Å². The lowest BCUT2D eigenvalue weighted by atomic mass is 10.2. The Bertz CT molecular complexity index is 331. The quantitative estimate of drug-likeness (QED) is 0.791. The molecular formula is C14H26N2O. The van der Waals surface area contributed by atoms with E-state index in [0.29, 0.717) is 6.04 Å². The van der Waals surface area contributed by atoms with Gasteiger partial charge in [-0.25, -0.2) is 0 Å². The molecule has 0 aliphatic rings. The second-order valence-electron chi connectivity index (χ2n) is 4.89. The Hall–Kier alpha value is -0.800. The fraction of sp³-hybridized carbons (Fsp3) is 0.714. The predicted octanol–water partition coefficient (Wildman–Crippen LogP) is 2.93. The first-order chi connectivity index (χ1) is 8.08. The van der Waals surface area contributed by atoms with E-state index in [1.54, 1.807) is 0 Å². The highest BCUT2D eigenvalue weighted by Gasteiger charge is 2.13. The summed E-state index contributed by atoms with van der Waals surface area (Å²) in [6, 6.07) is 2.74. The van der Waals surface area contributed by atoms with E-state index in [1.165, 1.54) is 12.0 Å². The first kappa shape index (κ1) is 14.3. The molecule has 0 unspecified atom stereocenters. The second kappa shape index (κ2) is 6.82. The molecule has 0 fully saturated rings. The fourth-order valence-electron chi connectivity index (χ4n) is 2.04. The van der Waals surface area contributed by atoms with Gasteiger partial charge in [0, 0.05) is 18.2 Å². The van der Waals surface area contributed by atoms with Gasteiger partial charge in [-0.2, -0.15) is 0 Å². The van der Waals surface area contributed by atoms with Crippen molar-refractivity contribution in [3.8, 4) is 0 Å². The summed E-state index contributed by atoms with van der Waals surface area (Å²) in [6.45, 7) is 11.6. The second-order valence-corrected chi connectivity index (χ2v) is 4.89. The Balaban J connectivity index is 2.69. The SMILES string of the molecule is CCCN(Cc1cc(CNC)c(C)o1)C(C)C. The van der Waals surface area contributed by atoms with Gasteiger partial charge in [-0.15, -0.1) is 0 Å². The molecule has 0 atom stereocenters. The van der Waals surface area contributed by atoms with E-state index in [2.05, 4.69) is 37.1 Å². The molecule has 0 saturated heterocycles. The van der Waals surface area contributed by atoms with Crippen LogP contribution >= 0.6 is 0 Å². The van der Waals surface area contributed by atoms with Crippen LogP contribution in [0.4, 0.5) is 0 Å². The Labute approximate surface area is 105 Å². The van der Waals surface area contributed by atoms with Crippen LogP contribution in [0.1, 0.15) is 44.3 Å². The van der Waals surface area contributed by atoms with Gasteiger partial charge in [-0.05, 0) is 46.9 Å². The Kier molecular flexibility index (Phi) is 5.72. The van der Waals surface area contributed by atoms with Crippen molar-refractivity contribution in [2.75, 3.05) is 13.6 Å².